The number of nitrogens with one attached hydrogen (secondary N) is 1. The molecule has 0 saturated carbocycles. The molecule has 112 valence electrons. The van der Waals surface area contributed by atoms with E-state index >= 15 is 0 Å². The lowest BCUT2D eigenvalue weighted by Crippen LogP contribution is -2.30. The molecule has 5 heteroatoms. The molecule has 1 N–H and O–H groups in total. The van der Waals surface area contributed by atoms with Crippen molar-refractivity contribution < 1.29 is 13.9 Å². The summed E-state index contributed by atoms with van der Waals surface area (Å²) in [7, 11) is 0. The Morgan fingerprint density at radius 1 is 1.09 bits per heavy atom. The van der Waals surface area contributed by atoms with E-state index in [-0.39, 0.29) is 12.4 Å². The number of hydrogen-bond donors (Lipinski definition) is 1. The molecule has 0 atom stereocenters. The van der Waals surface area contributed by atoms with Gasteiger partial charge in [-0.3, -0.25) is 0 Å². The molecule has 0 spiro atoms. The molecule has 1 amide bonds. The number of ether oxygens (including phenoxy) is 1. The highest BCUT2D eigenvalue weighted by Gasteiger charge is 2.15. The van der Waals surface area contributed by atoms with Crippen LogP contribution in [0.5, 0.6) is 0 Å². The van der Waals surface area contributed by atoms with Crippen molar-refractivity contribution in [2.45, 2.75) is 13.8 Å². The molecule has 2 aromatic carbocycles. The van der Waals surface area contributed by atoms with Crippen LogP contribution in [0.3, 0.4) is 0 Å². The molecule has 1 aliphatic heterocycles. The van der Waals surface area contributed by atoms with Crippen LogP contribution in [-0.2, 0) is 4.74 Å². The number of carbonyl (C=O) groups is 1. The van der Waals surface area contributed by atoms with Crippen LogP contribution in [0.2, 0.25) is 0 Å². The minimum Gasteiger partial charge on any atom is -0.442 e. The van der Waals surface area contributed by atoms with Gasteiger partial charge in [0.25, 0.3) is 0 Å². The molecular formula is C17H15FN2O2. The van der Waals surface area contributed by atoms with Gasteiger partial charge in [-0.05, 0) is 54.3 Å². The first-order valence-electron chi connectivity index (χ1n) is 6.91. The smallest absolute Gasteiger partial charge is 0.428 e. The number of cyclic esters (lactones) is 1. The number of benzene rings is 2. The number of hydrazone groups is 1. The van der Waals surface area contributed by atoms with Gasteiger partial charge in [-0.1, -0.05) is 18.2 Å². The quantitative estimate of drug-likeness (QED) is 0.921. The first-order chi connectivity index (χ1) is 10.5. The van der Waals surface area contributed by atoms with E-state index in [0.717, 1.165) is 27.8 Å². The maximum Gasteiger partial charge on any atom is 0.428 e. The highest BCUT2D eigenvalue weighted by Crippen LogP contribution is 2.28. The van der Waals surface area contributed by atoms with E-state index in [1.807, 2.05) is 32.0 Å². The summed E-state index contributed by atoms with van der Waals surface area (Å²) in [6, 6.07) is 10.7. The third-order valence-electron chi connectivity index (χ3n) is 3.66. The fourth-order valence-corrected chi connectivity index (χ4v) is 2.53. The van der Waals surface area contributed by atoms with Crippen LogP contribution in [0.4, 0.5) is 9.18 Å². The van der Waals surface area contributed by atoms with E-state index in [1.165, 1.54) is 12.1 Å². The number of aryl methyl sites for hydroxylation is 2. The maximum absolute atomic E-state index is 13.2. The molecule has 4 nitrogen and oxygen atoms in total. The van der Waals surface area contributed by atoms with Gasteiger partial charge in [0, 0.05) is 5.56 Å². The molecule has 0 aromatic heterocycles. The lowest BCUT2D eigenvalue weighted by Gasteiger charge is -2.15. The van der Waals surface area contributed by atoms with E-state index in [0.29, 0.717) is 5.71 Å². The first-order valence-corrected chi connectivity index (χ1v) is 6.91. The number of hydrogen-bond acceptors (Lipinski definition) is 3. The Kier molecular flexibility index (Phi) is 3.63. The maximum atomic E-state index is 13.2. The molecule has 0 saturated heterocycles. The van der Waals surface area contributed by atoms with Crippen molar-refractivity contribution in [2.24, 2.45) is 5.10 Å². The third-order valence-corrected chi connectivity index (χ3v) is 3.66. The minimum atomic E-state index is -0.543. The largest absolute Gasteiger partial charge is 0.442 e. The minimum absolute atomic E-state index is 0.153. The monoisotopic (exact) mass is 298 g/mol. The summed E-state index contributed by atoms with van der Waals surface area (Å²) < 4.78 is 18.1. The lowest BCUT2D eigenvalue weighted by molar-refractivity contribution is 0.157. The first kappa shape index (κ1) is 14.3. The average Bonchev–Trinajstić information content (AvgIpc) is 2.49. The molecule has 0 fully saturated rings. The van der Waals surface area contributed by atoms with Crippen LogP contribution in [0.15, 0.2) is 41.5 Å². The van der Waals surface area contributed by atoms with Gasteiger partial charge in [0.1, 0.15) is 18.1 Å². The summed E-state index contributed by atoms with van der Waals surface area (Å²) in [6.07, 6.45) is -0.543. The van der Waals surface area contributed by atoms with Crippen molar-refractivity contribution in [1.82, 2.24) is 5.43 Å². The fraction of sp³-hybridized carbons (Fsp3) is 0.176. The number of rotatable bonds is 2. The molecule has 1 aliphatic rings. The van der Waals surface area contributed by atoms with Crippen LogP contribution >= 0.6 is 0 Å². The molecule has 3 rings (SSSR count). The molecule has 2 aromatic rings. The second-order valence-corrected chi connectivity index (χ2v) is 5.24. The van der Waals surface area contributed by atoms with E-state index in [9.17, 15) is 9.18 Å². The highest BCUT2D eigenvalue weighted by atomic mass is 19.1. The number of amides is 1. The Morgan fingerprint density at radius 3 is 2.36 bits per heavy atom. The Bertz CT molecular complexity index is 784. The van der Waals surface area contributed by atoms with Gasteiger partial charge >= 0.3 is 6.09 Å². The van der Waals surface area contributed by atoms with Crippen LogP contribution in [0.25, 0.3) is 11.1 Å². The van der Waals surface area contributed by atoms with Crippen molar-refractivity contribution in [3.8, 4) is 11.1 Å². The van der Waals surface area contributed by atoms with E-state index in [1.54, 1.807) is 6.07 Å². The molecule has 1 heterocycles. The predicted molar refractivity (Wildman–Crippen MR) is 82.3 cm³/mol. The van der Waals surface area contributed by atoms with Gasteiger partial charge in [0.2, 0.25) is 0 Å². The predicted octanol–water partition coefficient (Wildman–Crippen LogP) is 3.55. The Balaban J connectivity index is 1.97. The van der Waals surface area contributed by atoms with Crippen molar-refractivity contribution in [1.29, 1.82) is 0 Å². The van der Waals surface area contributed by atoms with Crippen molar-refractivity contribution in [3.05, 3.63) is 58.9 Å². The normalized spacial score (nSPS) is 14.1. The van der Waals surface area contributed by atoms with Crippen LogP contribution in [-0.4, -0.2) is 18.4 Å². The zero-order valence-electron chi connectivity index (χ0n) is 12.3. The molecule has 0 aliphatic carbocycles. The van der Waals surface area contributed by atoms with Gasteiger partial charge in [-0.15, -0.1) is 0 Å². The topological polar surface area (TPSA) is 50.7 Å². The summed E-state index contributed by atoms with van der Waals surface area (Å²) in [6.45, 7) is 4.03. The standard InChI is InChI=1S/C17H15FN2O2/c1-10-7-12(16-9-22-17(21)20-19-16)3-5-14(10)15-6-4-13(18)8-11(15)2/h3-8H,9H2,1-2H3,(H,20,21). The van der Waals surface area contributed by atoms with Gasteiger partial charge in [-0.25, -0.2) is 14.6 Å². The summed E-state index contributed by atoms with van der Waals surface area (Å²) >= 11 is 0. The Hall–Kier alpha value is -2.69. The lowest BCUT2D eigenvalue weighted by atomic mass is 9.94. The second kappa shape index (κ2) is 5.60. The van der Waals surface area contributed by atoms with E-state index in [4.69, 9.17) is 4.74 Å². The Labute approximate surface area is 127 Å². The molecule has 0 bridgehead atoms. The zero-order valence-corrected chi connectivity index (χ0v) is 12.3. The summed E-state index contributed by atoms with van der Waals surface area (Å²) in [5.74, 6) is -0.236. The molecular weight excluding hydrogens is 283 g/mol. The molecule has 22 heavy (non-hydrogen) atoms. The van der Waals surface area contributed by atoms with Crippen molar-refractivity contribution in [2.75, 3.05) is 6.61 Å². The van der Waals surface area contributed by atoms with Gasteiger partial charge < -0.3 is 4.74 Å². The average molecular weight is 298 g/mol. The van der Waals surface area contributed by atoms with Crippen LogP contribution < -0.4 is 5.43 Å². The Morgan fingerprint density at radius 2 is 1.77 bits per heavy atom. The summed E-state index contributed by atoms with van der Waals surface area (Å²) in [4.78, 5) is 10.9. The number of nitrogens with zero attached hydrogens (tertiary/aromatic N) is 1. The SMILES string of the molecule is Cc1cc(F)ccc1-c1ccc(C2=NNC(=O)OC2)cc1C. The molecule has 0 unspecified atom stereocenters. The highest BCUT2D eigenvalue weighted by molar-refractivity contribution is 6.04. The number of carbonyl (C=O) groups excluding carboxylic acids is 1. The van der Waals surface area contributed by atoms with Crippen molar-refractivity contribution in [3.63, 3.8) is 0 Å². The second-order valence-electron chi connectivity index (χ2n) is 5.24. The fourth-order valence-electron chi connectivity index (χ4n) is 2.53. The van der Waals surface area contributed by atoms with Crippen molar-refractivity contribution >= 4 is 11.8 Å². The van der Waals surface area contributed by atoms with Crippen LogP contribution in [0, 0.1) is 19.7 Å². The third kappa shape index (κ3) is 2.70. The van der Waals surface area contributed by atoms with E-state index < -0.39 is 6.09 Å². The van der Waals surface area contributed by atoms with E-state index in [2.05, 4.69) is 10.5 Å². The van der Waals surface area contributed by atoms with Gasteiger partial charge in [-0.2, -0.15) is 5.10 Å². The van der Waals surface area contributed by atoms with Gasteiger partial charge in [0.15, 0.2) is 0 Å². The zero-order chi connectivity index (χ0) is 15.7. The van der Waals surface area contributed by atoms with Gasteiger partial charge in [0.05, 0.1) is 0 Å². The molecule has 0 radical (unpaired) electrons. The van der Waals surface area contributed by atoms with Crippen LogP contribution in [0.1, 0.15) is 16.7 Å². The summed E-state index contributed by atoms with van der Waals surface area (Å²) in [5, 5.41) is 4.00. The summed E-state index contributed by atoms with van der Waals surface area (Å²) in [5.41, 5.74) is 7.84. The number of halogens is 1.